The van der Waals surface area contributed by atoms with Gasteiger partial charge in [0.25, 0.3) is 5.91 Å². The third kappa shape index (κ3) is 8.73. The van der Waals surface area contributed by atoms with Gasteiger partial charge in [0.2, 0.25) is 0 Å². The molecule has 0 bridgehead atoms. The van der Waals surface area contributed by atoms with Crippen LogP contribution in [-0.2, 0) is 29.1 Å². The lowest BCUT2D eigenvalue weighted by Gasteiger charge is -2.20. The highest BCUT2D eigenvalue weighted by atomic mass is 32.2. The number of hydrogen-bond acceptors (Lipinski definition) is 5. The summed E-state index contributed by atoms with van der Waals surface area (Å²) < 4.78 is 35.2. The predicted molar refractivity (Wildman–Crippen MR) is 154 cm³/mol. The maximum atomic E-state index is 13.6. The van der Waals surface area contributed by atoms with Crippen molar-refractivity contribution in [2.24, 2.45) is 0 Å². The van der Waals surface area contributed by atoms with Gasteiger partial charge in [0.15, 0.2) is 0 Å². The molecule has 1 aromatic heterocycles. The van der Waals surface area contributed by atoms with Gasteiger partial charge >= 0.3 is 5.97 Å². The molecule has 1 amide bonds. The number of rotatable bonds is 14. The Labute approximate surface area is 241 Å². The van der Waals surface area contributed by atoms with Crippen LogP contribution in [0.3, 0.4) is 0 Å². The van der Waals surface area contributed by atoms with E-state index in [1.165, 1.54) is 36.0 Å². The van der Waals surface area contributed by atoms with Crippen LogP contribution in [0.2, 0.25) is 0 Å². The smallest absolute Gasteiger partial charge is 0.326 e. The van der Waals surface area contributed by atoms with E-state index in [-0.39, 0.29) is 24.7 Å². The van der Waals surface area contributed by atoms with Crippen LogP contribution in [0.5, 0.6) is 0 Å². The molecular formula is C31H31F2N3O4S. The molecular weight excluding hydrogens is 548 g/mol. The van der Waals surface area contributed by atoms with E-state index < -0.39 is 24.0 Å². The minimum Gasteiger partial charge on any atom is -0.480 e. The van der Waals surface area contributed by atoms with Gasteiger partial charge in [0, 0.05) is 18.0 Å². The second kappa shape index (κ2) is 14.6. The number of imidazole rings is 1. The highest BCUT2D eigenvalue weighted by molar-refractivity contribution is 7.98. The van der Waals surface area contributed by atoms with Gasteiger partial charge in [-0.2, -0.15) is 11.8 Å². The van der Waals surface area contributed by atoms with E-state index in [1.807, 2.05) is 23.1 Å². The van der Waals surface area contributed by atoms with Crippen molar-refractivity contribution in [3.05, 3.63) is 125 Å². The molecule has 0 radical (unpaired) electrons. The molecule has 3 aromatic carbocycles. The molecule has 4 rings (SSSR count). The summed E-state index contributed by atoms with van der Waals surface area (Å²) in [6.07, 6.45) is 7.22. The number of aromatic nitrogens is 2. The highest BCUT2D eigenvalue weighted by Gasteiger charge is 2.22. The summed E-state index contributed by atoms with van der Waals surface area (Å²) in [6, 6.07) is 16.4. The van der Waals surface area contributed by atoms with Crippen LogP contribution in [0.4, 0.5) is 8.78 Å². The normalized spacial score (nSPS) is 12.6. The van der Waals surface area contributed by atoms with Crippen molar-refractivity contribution in [1.82, 2.24) is 14.9 Å². The molecule has 0 fully saturated rings. The van der Waals surface area contributed by atoms with Gasteiger partial charge in [-0.15, -0.1) is 0 Å². The number of amides is 1. The summed E-state index contributed by atoms with van der Waals surface area (Å²) in [7, 11) is 0. The molecule has 2 atom stereocenters. The molecule has 41 heavy (non-hydrogen) atoms. The second-order valence-electron chi connectivity index (χ2n) is 9.55. The SMILES string of the molecule is CSCC[C@H](NC(=O)c1cc(COC(Cn2ccnc2)c2ccc(F)cc2)ccc1Cc1ccc(F)cc1)C(=O)O. The molecule has 1 heterocycles. The molecule has 214 valence electrons. The first-order valence-electron chi connectivity index (χ1n) is 13.0. The zero-order valence-corrected chi connectivity index (χ0v) is 23.3. The Hall–Kier alpha value is -4.02. The van der Waals surface area contributed by atoms with Gasteiger partial charge in [-0.1, -0.05) is 36.4 Å². The Morgan fingerprint density at radius 2 is 1.71 bits per heavy atom. The standard InChI is InChI=1S/C31H31F2N3O4S/c1-41-15-12-28(31(38)39)35-30(37)27-17-22(2-5-24(27)16-21-3-8-25(32)9-4-21)19-40-29(18-36-14-13-34-20-36)23-6-10-26(33)11-7-23/h2-11,13-14,17,20,28-29H,12,15-16,18-19H2,1H3,(H,35,37)(H,38,39)/t28-,29?/m0/s1. The first-order valence-corrected chi connectivity index (χ1v) is 14.4. The fraction of sp³-hybridized carbons (Fsp3) is 0.258. The van der Waals surface area contributed by atoms with Crippen LogP contribution in [-0.4, -0.2) is 44.6 Å². The van der Waals surface area contributed by atoms with Gasteiger partial charge in [-0.05, 0) is 77.4 Å². The van der Waals surface area contributed by atoms with Gasteiger partial charge < -0.3 is 19.7 Å². The second-order valence-corrected chi connectivity index (χ2v) is 10.5. The van der Waals surface area contributed by atoms with Gasteiger partial charge in [-0.3, -0.25) is 4.79 Å². The lowest BCUT2D eigenvalue weighted by Crippen LogP contribution is -2.41. The number of thioether (sulfide) groups is 1. The molecule has 1 unspecified atom stereocenters. The van der Waals surface area contributed by atoms with E-state index >= 15 is 0 Å². The van der Waals surface area contributed by atoms with Crippen LogP contribution in [0, 0.1) is 11.6 Å². The minimum absolute atomic E-state index is 0.142. The van der Waals surface area contributed by atoms with Crippen molar-refractivity contribution in [3.8, 4) is 0 Å². The summed E-state index contributed by atoms with van der Waals surface area (Å²) in [6.45, 7) is 0.583. The summed E-state index contributed by atoms with van der Waals surface area (Å²) in [5.41, 5.74) is 3.27. The van der Waals surface area contributed by atoms with Crippen LogP contribution < -0.4 is 5.32 Å². The molecule has 10 heteroatoms. The number of ether oxygens (including phenoxy) is 1. The Kier molecular flexibility index (Phi) is 10.6. The summed E-state index contributed by atoms with van der Waals surface area (Å²) >= 11 is 1.50. The maximum absolute atomic E-state index is 13.6. The van der Waals surface area contributed by atoms with Crippen LogP contribution >= 0.6 is 11.8 Å². The van der Waals surface area contributed by atoms with E-state index in [1.54, 1.807) is 48.9 Å². The van der Waals surface area contributed by atoms with E-state index in [0.29, 0.717) is 35.4 Å². The van der Waals surface area contributed by atoms with Crippen molar-refractivity contribution >= 4 is 23.6 Å². The van der Waals surface area contributed by atoms with Gasteiger partial charge in [0.05, 0.1) is 19.5 Å². The zero-order valence-electron chi connectivity index (χ0n) is 22.5. The number of aliphatic carboxylic acids is 1. The van der Waals surface area contributed by atoms with Crippen molar-refractivity contribution in [2.45, 2.75) is 38.1 Å². The molecule has 0 spiro atoms. The average molecular weight is 580 g/mol. The number of nitrogens with one attached hydrogen (secondary N) is 1. The fourth-order valence-electron chi connectivity index (χ4n) is 4.34. The summed E-state index contributed by atoms with van der Waals surface area (Å²) in [5.74, 6) is -1.74. The number of carboxylic acid groups (broad SMARTS) is 1. The van der Waals surface area contributed by atoms with Gasteiger partial charge in [-0.25, -0.2) is 18.6 Å². The molecule has 4 aromatic rings. The zero-order chi connectivity index (χ0) is 29.2. The largest absolute Gasteiger partial charge is 0.480 e. The first kappa shape index (κ1) is 30.0. The Morgan fingerprint density at radius 3 is 2.34 bits per heavy atom. The van der Waals surface area contributed by atoms with Crippen LogP contribution in [0.15, 0.2) is 85.5 Å². The number of carboxylic acids is 1. The highest BCUT2D eigenvalue weighted by Crippen LogP contribution is 2.24. The van der Waals surface area contributed by atoms with Crippen molar-refractivity contribution < 1.29 is 28.2 Å². The Balaban J connectivity index is 1.59. The Bertz CT molecular complexity index is 1430. The van der Waals surface area contributed by atoms with Crippen LogP contribution in [0.1, 0.15) is 45.1 Å². The number of halogens is 2. The number of carbonyl (C=O) groups is 2. The third-order valence-corrected chi connectivity index (χ3v) is 7.21. The third-order valence-electron chi connectivity index (χ3n) is 6.57. The monoisotopic (exact) mass is 579 g/mol. The number of carbonyl (C=O) groups excluding carboxylic acids is 1. The lowest BCUT2D eigenvalue weighted by molar-refractivity contribution is -0.139. The van der Waals surface area contributed by atoms with Crippen molar-refractivity contribution in [1.29, 1.82) is 0 Å². The topological polar surface area (TPSA) is 93.5 Å². The van der Waals surface area contributed by atoms with Gasteiger partial charge in [0.1, 0.15) is 23.8 Å². The molecule has 0 aliphatic rings. The molecule has 0 aliphatic carbocycles. The number of nitrogens with zero attached hydrogens (tertiary/aromatic N) is 2. The summed E-state index contributed by atoms with van der Waals surface area (Å²) in [4.78, 5) is 29.3. The van der Waals surface area contributed by atoms with E-state index in [9.17, 15) is 23.5 Å². The number of hydrogen-bond donors (Lipinski definition) is 2. The fourth-order valence-corrected chi connectivity index (χ4v) is 4.82. The maximum Gasteiger partial charge on any atom is 0.326 e. The van der Waals surface area contributed by atoms with E-state index in [4.69, 9.17) is 4.74 Å². The van der Waals surface area contributed by atoms with Crippen LogP contribution in [0.25, 0.3) is 0 Å². The lowest BCUT2D eigenvalue weighted by atomic mass is 9.97. The number of benzene rings is 3. The van der Waals surface area contributed by atoms with Crippen molar-refractivity contribution in [2.75, 3.05) is 12.0 Å². The molecule has 0 aliphatic heterocycles. The van der Waals surface area contributed by atoms with Crippen molar-refractivity contribution in [3.63, 3.8) is 0 Å². The molecule has 7 nitrogen and oxygen atoms in total. The average Bonchev–Trinajstić information content (AvgIpc) is 3.48. The molecule has 2 N–H and O–H groups in total. The quantitative estimate of drug-likeness (QED) is 0.201. The van der Waals surface area contributed by atoms with E-state index in [2.05, 4.69) is 10.3 Å². The predicted octanol–water partition coefficient (Wildman–Crippen LogP) is 5.65. The summed E-state index contributed by atoms with van der Waals surface area (Å²) in [5, 5.41) is 12.3. The molecule has 0 saturated carbocycles. The Morgan fingerprint density at radius 1 is 1.02 bits per heavy atom. The first-order chi connectivity index (χ1) is 19.8. The van der Waals surface area contributed by atoms with E-state index in [0.717, 1.165) is 11.1 Å². The molecule has 0 saturated heterocycles. The minimum atomic E-state index is -1.10.